The van der Waals surface area contributed by atoms with Gasteiger partial charge in [0.05, 0.1) is 12.2 Å². The van der Waals surface area contributed by atoms with E-state index in [9.17, 15) is 19.5 Å². The normalized spacial score (nSPS) is 16.9. The van der Waals surface area contributed by atoms with Gasteiger partial charge in [0, 0.05) is 26.4 Å². The third-order valence-corrected chi connectivity index (χ3v) is 5.44. The molecule has 0 saturated heterocycles. The number of aromatic carboxylic acids is 1. The summed E-state index contributed by atoms with van der Waals surface area (Å²) in [6, 6.07) is 1.48. The minimum absolute atomic E-state index is 0.0124. The molecular formula is C23H30Cl2N4O5. The van der Waals surface area contributed by atoms with E-state index in [4.69, 9.17) is 27.9 Å². The van der Waals surface area contributed by atoms with Crippen molar-refractivity contribution in [3.05, 3.63) is 54.4 Å². The highest BCUT2D eigenvalue weighted by atomic mass is 35.5. The van der Waals surface area contributed by atoms with Gasteiger partial charge in [-0.1, -0.05) is 49.2 Å². The first kappa shape index (κ1) is 29.3. The van der Waals surface area contributed by atoms with Gasteiger partial charge in [-0.25, -0.2) is 9.79 Å². The molecule has 2 heterocycles. The predicted octanol–water partition coefficient (Wildman–Crippen LogP) is 3.21. The van der Waals surface area contributed by atoms with Gasteiger partial charge in [-0.05, 0) is 24.5 Å². The van der Waals surface area contributed by atoms with Crippen LogP contribution in [-0.4, -0.2) is 69.2 Å². The molecule has 0 spiro atoms. The maximum absolute atomic E-state index is 12.2. The van der Waals surface area contributed by atoms with Crippen molar-refractivity contribution in [1.82, 2.24) is 15.2 Å². The zero-order chi connectivity index (χ0) is 26.1. The summed E-state index contributed by atoms with van der Waals surface area (Å²) in [4.78, 5) is 43.8. The minimum Gasteiger partial charge on any atom is -0.478 e. The van der Waals surface area contributed by atoms with Crippen LogP contribution in [0.15, 0.2) is 42.6 Å². The topological polar surface area (TPSA) is 121 Å². The molecule has 34 heavy (non-hydrogen) atoms. The molecule has 1 aliphatic rings. The Morgan fingerprint density at radius 1 is 1.29 bits per heavy atom. The number of carboxylic acids is 1. The number of hydrogen-bond donors (Lipinski definition) is 2. The van der Waals surface area contributed by atoms with Crippen LogP contribution in [0.4, 0.5) is 0 Å². The average molecular weight is 513 g/mol. The number of nitrogens with one attached hydrogen (secondary N) is 1. The molecule has 2 amide bonds. The molecule has 2 N–H and O–H groups in total. The Morgan fingerprint density at radius 2 is 1.88 bits per heavy atom. The molecule has 0 radical (unpaired) electrons. The number of carbonyl (C=O) groups is 3. The molecule has 186 valence electrons. The molecule has 0 bridgehead atoms. The number of ether oxygens (including phenoxy) is 1. The summed E-state index contributed by atoms with van der Waals surface area (Å²) in [5, 5.41) is 12.0. The summed E-state index contributed by atoms with van der Waals surface area (Å²) in [5.74, 6) is -1.53. The van der Waals surface area contributed by atoms with E-state index < -0.39 is 16.3 Å². The number of amidine groups is 1. The molecule has 0 aliphatic carbocycles. The third kappa shape index (κ3) is 7.38. The van der Waals surface area contributed by atoms with E-state index in [1.807, 2.05) is 13.8 Å². The summed E-state index contributed by atoms with van der Waals surface area (Å²) >= 11 is 10.8. The number of carboxylic acid groups (broad SMARTS) is 1. The van der Waals surface area contributed by atoms with Gasteiger partial charge in [-0.15, -0.1) is 13.2 Å². The molecule has 9 nitrogen and oxygen atoms in total. The quantitative estimate of drug-likeness (QED) is 0.366. The van der Waals surface area contributed by atoms with E-state index >= 15 is 0 Å². The molecule has 1 unspecified atom stereocenters. The van der Waals surface area contributed by atoms with E-state index in [-0.39, 0.29) is 41.4 Å². The summed E-state index contributed by atoms with van der Waals surface area (Å²) in [6.07, 6.45) is 4.74. The fourth-order valence-electron chi connectivity index (χ4n) is 2.86. The number of hydrogen-bond acceptors (Lipinski definition) is 6. The molecule has 1 aliphatic heterocycles. The number of nitrogens with zero attached hydrogens (tertiary/aromatic N) is 3. The summed E-state index contributed by atoms with van der Waals surface area (Å²) in [5.41, 5.74) is -0.135. The zero-order valence-corrected chi connectivity index (χ0v) is 21.2. The number of amides is 2. The first-order chi connectivity index (χ1) is 15.9. The van der Waals surface area contributed by atoms with Gasteiger partial charge in [0.25, 0.3) is 11.8 Å². The van der Waals surface area contributed by atoms with Crippen LogP contribution in [0.25, 0.3) is 0 Å². The molecule has 1 aromatic heterocycles. The molecule has 11 heteroatoms. The van der Waals surface area contributed by atoms with Crippen LogP contribution in [-0.2, 0) is 20.9 Å². The summed E-state index contributed by atoms with van der Waals surface area (Å²) in [6.45, 7) is 13.6. The number of carbonyl (C=O) groups excluding carboxylic acids is 2. The number of halogens is 2. The van der Waals surface area contributed by atoms with E-state index in [2.05, 4.69) is 28.5 Å². The van der Waals surface area contributed by atoms with Crippen molar-refractivity contribution < 1.29 is 24.2 Å². The fraction of sp³-hybridized carbons (Fsp3) is 0.435. The van der Waals surface area contributed by atoms with Crippen LogP contribution in [0.5, 0.6) is 0 Å². The van der Waals surface area contributed by atoms with Gasteiger partial charge >= 0.3 is 5.97 Å². The number of rotatable bonds is 10. The van der Waals surface area contributed by atoms with Crippen molar-refractivity contribution in [2.75, 3.05) is 20.2 Å². The Balaban J connectivity index is 0.000000411. The maximum atomic E-state index is 12.2. The van der Waals surface area contributed by atoms with E-state index in [0.717, 1.165) is 0 Å². The largest absolute Gasteiger partial charge is 0.478 e. The van der Waals surface area contributed by atoms with Gasteiger partial charge in [0.1, 0.15) is 11.2 Å². The van der Waals surface area contributed by atoms with Crippen molar-refractivity contribution in [1.29, 1.82) is 0 Å². The van der Waals surface area contributed by atoms with Gasteiger partial charge < -0.3 is 20.1 Å². The summed E-state index contributed by atoms with van der Waals surface area (Å²) in [7, 11) is 1.52. The van der Waals surface area contributed by atoms with E-state index in [0.29, 0.717) is 18.7 Å². The first-order valence-corrected chi connectivity index (χ1v) is 11.2. The second-order valence-electron chi connectivity index (χ2n) is 7.82. The molecule has 0 aromatic carbocycles. The second-order valence-corrected chi connectivity index (χ2v) is 8.91. The van der Waals surface area contributed by atoms with Gasteiger partial charge in [-0.3, -0.25) is 14.6 Å². The van der Waals surface area contributed by atoms with Gasteiger partial charge in [-0.2, -0.15) is 0 Å². The molecule has 1 aromatic rings. The van der Waals surface area contributed by atoms with Crippen molar-refractivity contribution in [3.8, 4) is 0 Å². The monoisotopic (exact) mass is 512 g/mol. The van der Waals surface area contributed by atoms with Gasteiger partial charge in [0.15, 0.2) is 10.7 Å². The average Bonchev–Trinajstić information content (AvgIpc) is 3.09. The Bertz CT molecular complexity index is 955. The van der Waals surface area contributed by atoms with Crippen LogP contribution in [0.3, 0.4) is 0 Å². The van der Waals surface area contributed by atoms with Gasteiger partial charge in [0.2, 0.25) is 0 Å². The summed E-state index contributed by atoms with van der Waals surface area (Å²) < 4.78 is 4.98. The SMILES string of the molecule is C=CCN(CC=C)C(=O)C(Cl)Cl.COCc1cnc(C2=NC(C)(C(C)C)C(=O)N2)c(C(=O)O)c1. The lowest BCUT2D eigenvalue weighted by Gasteiger charge is -2.21. The lowest BCUT2D eigenvalue weighted by atomic mass is 9.89. The number of aliphatic imine (C=N–C) groups is 1. The third-order valence-electron chi connectivity index (χ3n) is 5.07. The molecule has 0 saturated carbocycles. The molecule has 2 rings (SSSR count). The number of methoxy groups -OCH3 is 1. The number of alkyl halides is 2. The standard InChI is InChI=1S/C15H19N3O4.C8H11Cl2NO/c1-8(2)15(3)14(21)17-12(18-15)11-10(13(19)20)5-9(6-16-11)7-22-4;1-3-5-11(6-4-2)8(12)7(9)10/h5-6,8H,7H2,1-4H3,(H,19,20)(H,17,18,21);3-4,7H,1-2,5-6H2. The lowest BCUT2D eigenvalue weighted by Crippen LogP contribution is -2.41. The maximum Gasteiger partial charge on any atom is 0.338 e. The van der Waals surface area contributed by atoms with E-state index in [1.54, 1.807) is 19.1 Å². The fourth-order valence-corrected chi connectivity index (χ4v) is 3.13. The van der Waals surface area contributed by atoms with Crippen molar-refractivity contribution in [3.63, 3.8) is 0 Å². The predicted molar refractivity (Wildman–Crippen MR) is 132 cm³/mol. The zero-order valence-electron chi connectivity index (χ0n) is 19.7. The van der Waals surface area contributed by atoms with E-state index in [1.165, 1.54) is 24.3 Å². The molecule has 0 fully saturated rings. The van der Waals surface area contributed by atoms with Crippen LogP contribution in [0, 0.1) is 5.92 Å². The lowest BCUT2D eigenvalue weighted by molar-refractivity contribution is -0.128. The van der Waals surface area contributed by atoms with Crippen molar-refractivity contribution in [2.24, 2.45) is 10.9 Å². The van der Waals surface area contributed by atoms with Crippen LogP contribution >= 0.6 is 23.2 Å². The first-order valence-electron chi connectivity index (χ1n) is 10.3. The van der Waals surface area contributed by atoms with Crippen LogP contribution in [0.1, 0.15) is 42.4 Å². The molecular weight excluding hydrogens is 483 g/mol. The second kappa shape index (κ2) is 13.2. The van der Waals surface area contributed by atoms with Crippen molar-refractivity contribution >= 4 is 46.8 Å². The molecule has 1 atom stereocenters. The van der Waals surface area contributed by atoms with Crippen LogP contribution < -0.4 is 5.32 Å². The van der Waals surface area contributed by atoms with Crippen molar-refractivity contribution in [2.45, 2.75) is 37.8 Å². The Kier molecular flexibility index (Phi) is 11.4. The Hall–Kier alpha value is -2.75. The number of pyridine rings is 1. The number of aromatic nitrogens is 1. The minimum atomic E-state index is -1.13. The Morgan fingerprint density at radius 3 is 2.29 bits per heavy atom. The highest BCUT2D eigenvalue weighted by molar-refractivity contribution is 6.53. The smallest absolute Gasteiger partial charge is 0.338 e. The highest BCUT2D eigenvalue weighted by Crippen LogP contribution is 2.27. The van der Waals surface area contributed by atoms with Crippen LogP contribution in [0.2, 0.25) is 0 Å². The Labute approximate surface area is 209 Å². The highest BCUT2D eigenvalue weighted by Gasteiger charge is 2.43.